The molecule has 0 bridgehead atoms. The zero-order valence-electron chi connectivity index (χ0n) is 12.6. The number of fused-ring (bicyclic) bond motifs is 1. The number of amides is 2. The predicted octanol–water partition coefficient (Wildman–Crippen LogP) is 2.86. The number of carbonyl (C=O) groups excluding carboxylic acids is 1. The Morgan fingerprint density at radius 2 is 2.14 bits per heavy atom. The molecule has 0 aliphatic rings. The minimum Gasteiger partial charge on any atom is -0.481 e. The number of nitrogens with zero attached hydrogens (tertiary/aromatic N) is 2. The summed E-state index contributed by atoms with van der Waals surface area (Å²) in [4.78, 5) is 28.6. The van der Waals surface area contributed by atoms with Crippen LogP contribution in [0.5, 0.6) is 0 Å². The molecule has 2 rings (SSSR count). The second-order valence-corrected chi connectivity index (χ2v) is 6.10. The average molecular weight is 321 g/mol. The Labute approximate surface area is 132 Å². The van der Waals surface area contributed by atoms with E-state index in [1.807, 2.05) is 31.2 Å². The van der Waals surface area contributed by atoms with Crippen LogP contribution in [0, 0.1) is 0 Å². The monoisotopic (exact) mass is 321 g/mol. The van der Waals surface area contributed by atoms with Crippen molar-refractivity contribution in [1.82, 2.24) is 15.2 Å². The summed E-state index contributed by atoms with van der Waals surface area (Å²) in [5.41, 5.74) is 0.935. The maximum absolute atomic E-state index is 12.1. The standard InChI is InChI=1S/C15H19N3O3S/c1-10(14-17-11-6-3-4-7-12(11)22-14)18(2)15(21)16-9-5-8-13(19)20/h3-4,6-7,10H,5,8-9H2,1-2H3,(H,16,21)(H,19,20). The van der Waals surface area contributed by atoms with Crippen molar-refractivity contribution < 1.29 is 14.7 Å². The number of thiazole rings is 1. The summed E-state index contributed by atoms with van der Waals surface area (Å²) in [7, 11) is 1.71. The largest absolute Gasteiger partial charge is 0.481 e. The Kier molecular flexibility index (Phi) is 5.32. The van der Waals surface area contributed by atoms with Gasteiger partial charge >= 0.3 is 12.0 Å². The van der Waals surface area contributed by atoms with Crippen LogP contribution in [-0.4, -0.2) is 40.6 Å². The number of carbonyl (C=O) groups is 2. The first-order valence-electron chi connectivity index (χ1n) is 7.07. The number of nitrogens with one attached hydrogen (secondary N) is 1. The number of urea groups is 1. The van der Waals surface area contributed by atoms with Gasteiger partial charge < -0.3 is 15.3 Å². The highest BCUT2D eigenvalue weighted by molar-refractivity contribution is 7.18. The lowest BCUT2D eigenvalue weighted by molar-refractivity contribution is -0.137. The predicted molar refractivity (Wildman–Crippen MR) is 86.1 cm³/mol. The number of para-hydroxylation sites is 1. The molecule has 0 saturated carbocycles. The highest BCUT2D eigenvalue weighted by Crippen LogP contribution is 2.28. The lowest BCUT2D eigenvalue weighted by atomic mass is 10.3. The molecule has 1 aromatic carbocycles. The van der Waals surface area contributed by atoms with Crippen molar-refractivity contribution in [3.8, 4) is 0 Å². The van der Waals surface area contributed by atoms with Gasteiger partial charge in [0.1, 0.15) is 5.01 Å². The molecule has 1 heterocycles. The van der Waals surface area contributed by atoms with Crippen LogP contribution in [0.1, 0.15) is 30.8 Å². The van der Waals surface area contributed by atoms with Crippen molar-refractivity contribution in [2.75, 3.05) is 13.6 Å². The van der Waals surface area contributed by atoms with E-state index >= 15 is 0 Å². The first-order chi connectivity index (χ1) is 10.5. The Bertz CT molecular complexity index is 638. The van der Waals surface area contributed by atoms with Crippen molar-refractivity contribution in [2.24, 2.45) is 0 Å². The molecule has 2 amide bonds. The topological polar surface area (TPSA) is 82.5 Å². The van der Waals surface area contributed by atoms with Crippen molar-refractivity contribution in [3.05, 3.63) is 29.3 Å². The molecule has 1 atom stereocenters. The lowest BCUT2D eigenvalue weighted by Gasteiger charge is -2.23. The maximum Gasteiger partial charge on any atom is 0.317 e. The average Bonchev–Trinajstić information content (AvgIpc) is 2.93. The summed E-state index contributed by atoms with van der Waals surface area (Å²) < 4.78 is 1.10. The molecule has 0 radical (unpaired) electrons. The quantitative estimate of drug-likeness (QED) is 0.802. The van der Waals surface area contributed by atoms with Gasteiger partial charge in [-0.2, -0.15) is 0 Å². The van der Waals surface area contributed by atoms with Crippen molar-refractivity contribution in [1.29, 1.82) is 0 Å². The second-order valence-electron chi connectivity index (χ2n) is 5.04. The summed E-state index contributed by atoms with van der Waals surface area (Å²) in [5, 5.41) is 12.2. The molecule has 0 spiro atoms. The summed E-state index contributed by atoms with van der Waals surface area (Å²) in [6, 6.07) is 7.50. The van der Waals surface area contributed by atoms with E-state index < -0.39 is 5.97 Å². The third-order valence-corrected chi connectivity index (χ3v) is 4.62. The van der Waals surface area contributed by atoms with Gasteiger partial charge in [0.15, 0.2) is 0 Å². The number of hydrogen-bond donors (Lipinski definition) is 2. The van der Waals surface area contributed by atoms with Crippen LogP contribution in [0.25, 0.3) is 10.2 Å². The lowest BCUT2D eigenvalue weighted by Crippen LogP contribution is -2.39. The molecule has 1 unspecified atom stereocenters. The van der Waals surface area contributed by atoms with Crippen molar-refractivity contribution >= 4 is 33.6 Å². The van der Waals surface area contributed by atoms with Gasteiger partial charge in [-0.05, 0) is 25.5 Å². The SMILES string of the molecule is CC(c1nc2ccccc2s1)N(C)C(=O)NCCCC(=O)O. The van der Waals surface area contributed by atoms with Gasteiger partial charge in [0.25, 0.3) is 0 Å². The molecule has 1 aromatic heterocycles. The fourth-order valence-electron chi connectivity index (χ4n) is 1.97. The van der Waals surface area contributed by atoms with E-state index in [0.717, 1.165) is 15.2 Å². The molecule has 6 nitrogen and oxygen atoms in total. The molecular formula is C15H19N3O3S. The Hall–Kier alpha value is -2.15. The van der Waals surface area contributed by atoms with Gasteiger partial charge in [-0.3, -0.25) is 4.79 Å². The number of aliphatic carboxylic acids is 1. The Morgan fingerprint density at radius 1 is 1.41 bits per heavy atom. The molecule has 22 heavy (non-hydrogen) atoms. The summed E-state index contributed by atoms with van der Waals surface area (Å²) in [6.45, 7) is 2.27. The number of carboxylic acid groups (broad SMARTS) is 1. The maximum atomic E-state index is 12.1. The normalized spacial score (nSPS) is 12.1. The molecule has 0 saturated heterocycles. The molecule has 2 N–H and O–H groups in total. The van der Waals surface area contributed by atoms with Gasteiger partial charge in [0, 0.05) is 20.0 Å². The van der Waals surface area contributed by atoms with E-state index in [1.54, 1.807) is 23.3 Å². The van der Waals surface area contributed by atoms with Gasteiger partial charge in [0.05, 0.1) is 16.3 Å². The highest BCUT2D eigenvalue weighted by atomic mass is 32.1. The number of carboxylic acids is 1. The van der Waals surface area contributed by atoms with Crippen LogP contribution < -0.4 is 5.32 Å². The zero-order valence-corrected chi connectivity index (χ0v) is 13.4. The van der Waals surface area contributed by atoms with Crippen LogP contribution in [-0.2, 0) is 4.79 Å². The van der Waals surface area contributed by atoms with Gasteiger partial charge in [-0.25, -0.2) is 9.78 Å². The van der Waals surface area contributed by atoms with E-state index in [2.05, 4.69) is 10.3 Å². The van der Waals surface area contributed by atoms with Crippen molar-refractivity contribution in [2.45, 2.75) is 25.8 Å². The molecule has 0 aliphatic carbocycles. The first kappa shape index (κ1) is 16.2. The molecule has 7 heteroatoms. The molecule has 2 aromatic rings. The van der Waals surface area contributed by atoms with Gasteiger partial charge in [0.2, 0.25) is 0 Å². The summed E-state index contributed by atoms with van der Waals surface area (Å²) >= 11 is 1.57. The first-order valence-corrected chi connectivity index (χ1v) is 7.88. The van der Waals surface area contributed by atoms with Gasteiger partial charge in [-0.1, -0.05) is 12.1 Å². The van der Waals surface area contributed by atoms with Crippen LogP contribution in [0.15, 0.2) is 24.3 Å². The van der Waals surface area contributed by atoms with E-state index in [-0.39, 0.29) is 18.5 Å². The van der Waals surface area contributed by atoms with Crippen molar-refractivity contribution in [3.63, 3.8) is 0 Å². The van der Waals surface area contributed by atoms with Crippen LogP contribution in [0.2, 0.25) is 0 Å². The Balaban J connectivity index is 1.94. The van der Waals surface area contributed by atoms with E-state index in [1.165, 1.54) is 0 Å². The number of benzene rings is 1. The third-order valence-electron chi connectivity index (χ3n) is 3.41. The molecule has 118 valence electrons. The minimum atomic E-state index is -0.856. The third kappa shape index (κ3) is 3.94. The van der Waals surface area contributed by atoms with E-state index in [4.69, 9.17) is 5.11 Å². The molecular weight excluding hydrogens is 302 g/mol. The number of hydrogen-bond acceptors (Lipinski definition) is 4. The smallest absolute Gasteiger partial charge is 0.317 e. The zero-order chi connectivity index (χ0) is 16.1. The van der Waals surface area contributed by atoms with Gasteiger partial charge in [-0.15, -0.1) is 11.3 Å². The van der Waals surface area contributed by atoms with Crippen LogP contribution in [0.4, 0.5) is 4.79 Å². The number of rotatable bonds is 6. The fourth-order valence-corrected chi connectivity index (χ4v) is 3.03. The van der Waals surface area contributed by atoms with E-state index in [0.29, 0.717) is 13.0 Å². The van der Waals surface area contributed by atoms with E-state index in [9.17, 15) is 9.59 Å². The molecule has 0 aliphatic heterocycles. The van der Waals surface area contributed by atoms with Crippen LogP contribution >= 0.6 is 11.3 Å². The summed E-state index contributed by atoms with van der Waals surface area (Å²) in [5.74, 6) is -0.856. The second kappa shape index (κ2) is 7.22. The minimum absolute atomic E-state index is 0.0530. The number of aromatic nitrogens is 1. The fraction of sp³-hybridized carbons (Fsp3) is 0.400. The van der Waals surface area contributed by atoms with Crippen LogP contribution in [0.3, 0.4) is 0 Å². The Morgan fingerprint density at radius 3 is 2.82 bits per heavy atom. The summed E-state index contributed by atoms with van der Waals surface area (Å²) in [6.07, 6.45) is 0.474. The molecule has 0 fully saturated rings. The highest BCUT2D eigenvalue weighted by Gasteiger charge is 2.20.